The van der Waals surface area contributed by atoms with E-state index in [-0.39, 0.29) is 18.9 Å². The molecule has 9 heteroatoms. The maximum absolute atomic E-state index is 13.1. The maximum Gasteiger partial charge on any atom is 0.435 e. The number of amides is 1. The van der Waals surface area contributed by atoms with E-state index in [9.17, 15) is 18.0 Å². The molecule has 2 aromatic rings. The molecule has 0 radical (unpaired) electrons. The third-order valence-corrected chi connectivity index (χ3v) is 6.43. The average Bonchev–Trinajstić information content (AvgIpc) is 3.33. The van der Waals surface area contributed by atoms with E-state index in [1.807, 2.05) is 29.2 Å². The van der Waals surface area contributed by atoms with Crippen LogP contribution in [-0.2, 0) is 24.1 Å². The first kappa shape index (κ1) is 21.7. The van der Waals surface area contributed by atoms with Crippen molar-refractivity contribution in [3.8, 4) is 0 Å². The second-order valence-corrected chi connectivity index (χ2v) is 8.41. The fraction of sp³-hybridized carbons (Fsp3) is 0.545. The van der Waals surface area contributed by atoms with Gasteiger partial charge in [0.05, 0.1) is 0 Å². The zero-order chi connectivity index (χ0) is 22.0. The molecule has 0 aliphatic carbocycles. The summed E-state index contributed by atoms with van der Waals surface area (Å²) in [6, 6.07) is 9.71. The first-order valence-electron chi connectivity index (χ1n) is 10.7. The third kappa shape index (κ3) is 5.03. The highest BCUT2D eigenvalue weighted by Crippen LogP contribution is 2.29. The molecular weight excluding hydrogens is 407 g/mol. The molecule has 2 aliphatic rings. The van der Waals surface area contributed by atoms with Gasteiger partial charge < -0.3 is 10.2 Å². The molecule has 0 unspecified atom stereocenters. The SMILES string of the molecule is CN1[C@@H]2CCNc3ccccc3CN(C(=O)CCn3ccc(C(F)(F)F)n3)C[C@H]1CC2. The number of nitrogens with one attached hydrogen (secondary N) is 1. The number of carbonyl (C=O) groups excluding carboxylic acids is 1. The van der Waals surface area contributed by atoms with Crippen molar-refractivity contribution in [1.82, 2.24) is 19.6 Å². The number of para-hydroxylation sites is 1. The van der Waals surface area contributed by atoms with Gasteiger partial charge in [-0.25, -0.2) is 0 Å². The van der Waals surface area contributed by atoms with Crippen LogP contribution in [0.3, 0.4) is 0 Å². The summed E-state index contributed by atoms with van der Waals surface area (Å²) < 4.78 is 39.5. The second-order valence-electron chi connectivity index (χ2n) is 8.41. The number of fused-ring (bicyclic) bond motifs is 3. The van der Waals surface area contributed by atoms with E-state index >= 15 is 0 Å². The van der Waals surface area contributed by atoms with Crippen molar-refractivity contribution in [2.45, 2.75) is 57.0 Å². The number of likely N-dealkylation sites (N-methyl/N-ethyl adjacent to an activating group) is 1. The Kier molecular flexibility index (Phi) is 6.22. The summed E-state index contributed by atoms with van der Waals surface area (Å²) in [5.74, 6) is -0.0741. The predicted molar refractivity (Wildman–Crippen MR) is 111 cm³/mol. The van der Waals surface area contributed by atoms with Crippen molar-refractivity contribution in [3.63, 3.8) is 0 Å². The number of alkyl halides is 3. The normalized spacial score (nSPS) is 22.5. The van der Waals surface area contributed by atoms with Gasteiger partial charge in [-0.3, -0.25) is 14.4 Å². The third-order valence-electron chi connectivity index (χ3n) is 6.43. The Hall–Kier alpha value is -2.55. The Labute approximate surface area is 180 Å². The number of halogens is 3. The van der Waals surface area contributed by atoms with Crippen LogP contribution in [0.5, 0.6) is 0 Å². The van der Waals surface area contributed by atoms with E-state index in [4.69, 9.17) is 0 Å². The van der Waals surface area contributed by atoms with Crippen LogP contribution < -0.4 is 5.32 Å². The summed E-state index contributed by atoms with van der Waals surface area (Å²) in [6.45, 7) is 2.10. The van der Waals surface area contributed by atoms with Gasteiger partial charge in [0, 0.05) is 56.6 Å². The Morgan fingerprint density at radius 1 is 1.16 bits per heavy atom. The maximum atomic E-state index is 13.1. The molecule has 168 valence electrons. The van der Waals surface area contributed by atoms with E-state index in [0.29, 0.717) is 25.2 Å². The quantitative estimate of drug-likeness (QED) is 0.801. The zero-order valence-corrected chi connectivity index (χ0v) is 17.6. The smallest absolute Gasteiger partial charge is 0.385 e. The molecule has 1 fully saturated rings. The highest BCUT2D eigenvalue weighted by atomic mass is 19.4. The lowest BCUT2D eigenvalue weighted by molar-refractivity contribution is -0.141. The lowest BCUT2D eigenvalue weighted by atomic mass is 10.1. The van der Waals surface area contributed by atoms with Crippen molar-refractivity contribution >= 4 is 11.6 Å². The van der Waals surface area contributed by atoms with Gasteiger partial charge in [-0.15, -0.1) is 0 Å². The molecule has 2 aliphatic heterocycles. The summed E-state index contributed by atoms with van der Waals surface area (Å²) in [5, 5.41) is 7.07. The molecule has 1 aromatic carbocycles. The van der Waals surface area contributed by atoms with Gasteiger partial charge in [0.1, 0.15) is 0 Å². The average molecular weight is 435 g/mol. The number of hydrogen-bond acceptors (Lipinski definition) is 4. The van der Waals surface area contributed by atoms with Gasteiger partial charge in [-0.2, -0.15) is 18.3 Å². The molecule has 4 rings (SSSR count). The van der Waals surface area contributed by atoms with Gasteiger partial charge in [-0.05, 0) is 44.0 Å². The zero-order valence-electron chi connectivity index (χ0n) is 17.6. The van der Waals surface area contributed by atoms with Crippen LogP contribution in [0.15, 0.2) is 36.5 Å². The lowest BCUT2D eigenvalue weighted by Crippen LogP contribution is -2.43. The number of carbonyl (C=O) groups is 1. The summed E-state index contributed by atoms with van der Waals surface area (Å²) in [6.07, 6.45) is 0.108. The van der Waals surface area contributed by atoms with Crippen LogP contribution in [0.4, 0.5) is 18.9 Å². The molecule has 2 atom stereocenters. The molecule has 3 heterocycles. The number of benzene rings is 1. The van der Waals surface area contributed by atoms with Crippen LogP contribution in [0.1, 0.15) is 36.9 Å². The van der Waals surface area contributed by atoms with Crippen molar-refractivity contribution in [2.75, 3.05) is 25.5 Å². The molecule has 31 heavy (non-hydrogen) atoms. The van der Waals surface area contributed by atoms with Crippen molar-refractivity contribution in [2.24, 2.45) is 0 Å². The number of anilines is 1. The van der Waals surface area contributed by atoms with Crippen molar-refractivity contribution < 1.29 is 18.0 Å². The van der Waals surface area contributed by atoms with E-state index in [0.717, 1.165) is 43.1 Å². The van der Waals surface area contributed by atoms with Crippen LogP contribution in [-0.4, -0.2) is 57.7 Å². The fourth-order valence-corrected chi connectivity index (χ4v) is 4.58. The summed E-state index contributed by atoms with van der Waals surface area (Å²) >= 11 is 0. The number of rotatable bonds is 3. The first-order valence-corrected chi connectivity index (χ1v) is 10.7. The molecule has 0 saturated carbocycles. The van der Waals surface area contributed by atoms with Crippen LogP contribution in [0.2, 0.25) is 0 Å². The summed E-state index contributed by atoms with van der Waals surface area (Å²) in [5.41, 5.74) is 1.14. The van der Waals surface area contributed by atoms with Gasteiger partial charge in [0.15, 0.2) is 5.69 Å². The van der Waals surface area contributed by atoms with Gasteiger partial charge in [0.2, 0.25) is 5.91 Å². The summed E-state index contributed by atoms with van der Waals surface area (Å²) in [4.78, 5) is 17.4. The van der Waals surface area contributed by atoms with E-state index < -0.39 is 11.9 Å². The molecule has 1 N–H and O–H groups in total. The Morgan fingerprint density at radius 2 is 1.94 bits per heavy atom. The number of nitrogens with zero attached hydrogens (tertiary/aromatic N) is 4. The van der Waals surface area contributed by atoms with E-state index in [2.05, 4.69) is 22.4 Å². The highest BCUT2D eigenvalue weighted by Gasteiger charge is 2.34. The Morgan fingerprint density at radius 3 is 2.71 bits per heavy atom. The van der Waals surface area contributed by atoms with Gasteiger partial charge in [0.25, 0.3) is 0 Å². The predicted octanol–water partition coefficient (Wildman–Crippen LogP) is 3.60. The Balaban J connectivity index is 1.50. The molecule has 1 saturated heterocycles. The Bertz CT molecular complexity index is 913. The standard InChI is InChI=1S/C22H28F3N5O/c1-28-17-6-7-18(28)15-29(14-16-4-2-3-5-19(16)26-11-8-17)21(31)10-13-30-12-9-20(27-30)22(23,24)25/h2-5,9,12,17-18,26H,6-8,10-11,13-15H2,1H3/t17-,18+/m0/s1. The number of aryl methyl sites for hydroxylation is 1. The molecule has 1 aromatic heterocycles. The molecule has 0 spiro atoms. The summed E-state index contributed by atoms with van der Waals surface area (Å²) in [7, 11) is 2.12. The monoisotopic (exact) mass is 435 g/mol. The number of hydrogen-bond donors (Lipinski definition) is 1. The van der Waals surface area contributed by atoms with Crippen LogP contribution in [0.25, 0.3) is 0 Å². The van der Waals surface area contributed by atoms with Crippen LogP contribution >= 0.6 is 0 Å². The largest absolute Gasteiger partial charge is 0.435 e. The number of aromatic nitrogens is 2. The van der Waals surface area contributed by atoms with Crippen molar-refractivity contribution in [1.29, 1.82) is 0 Å². The van der Waals surface area contributed by atoms with Gasteiger partial charge >= 0.3 is 6.18 Å². The second kappa shape index (κ2) is 8.90. The lowest BCUT2D eigenvalue weighted by Gasteiger charge is -2.31. The minimum Gasteiger partial charge on any atom is -0.385 e. The molecule has 2 bridgehead atoms. The first-order chi connectivity index (χ1) is 14.8. The van der Waals surface area contributed by atoms with Crippen LogP contribution in [0, 0.1) is 0 Å². The molecular formula is C22H28F3N5O. The van der Waals surface area contributed by atoms with Crippen molar-refractivity contribution in [3.05, 3.63) is 47.8 Å². The molecule has 1 amide bonds. The van der Waals surface area contributed by atoms with Gasteiger partial charge in [-0.1, -0.05) is 18.2 Å². The topological polar surface area (TPSA) is 53.4 Å². The fourth-order valence-electron chi connectivity index (χ4n) is 4.58. The minimum atomic E-state index is -4.48. The van der Waals surface area contributed by atoms with E-state index in [1.165, 1.54) is 10.9 Å². The minimum absolute atomic E-state index is 0.0741. The molecule has 6 nitrogen and oxygen atoms in total. The highest BCUT2D eigenvalue weighted by molar-refractivity contribution is 5.76. The van der Waals surface area contributed by atoms with E-state index in [1.54, 1.807) is 0 Å².